The van der Waals surface area contributed by atoms with E-state index in [0.717, 1.165) is 0 Å². The molecule has 1 heteroatoms. The predicted molar refractivity (Wildman–Crippen MR) is 53.3 cm³/mol. The number of rotatable bonds is 1. The Balaban J connectivity index is 2.43. The van der Waals surface area contributed by atoms with Gasteiger partial charge in [0.25, 0.3) is 0 Å². The Morgan fingerprint density at radius 2 is 1.83 bits per heavy atom. The molecule has 0 aliphatic heterocycles. The van der Waals surface area contributed by atoms with Crippen LogP contribution in [-0.2, 0) is 0 Å². The summed E-state index contributed by atoms with van der Waals surface area (Å²) in [6.45, 7) is 2.10. The van der Waals surface area contributed by atoms with Crippen molar-refractivity contribution < 1.29 is 0 Å². The van der Waals surface area contributed by atoms with Crippen LogP contribution in [0.25, 0.3) is 10.4 Å². The monoisotopic (exact) mass is 173 g/mol. The van der Waals surface area contributed by atoms with Gasteiger partial charge in [-0.15, -0.1) is 11.3 Å². The summed E-state index contributed by atoms with van der Waals surface area (Å²) in [7, 11) is 0. The van der Waals surface area contributed by atoms with Crippen LogP contribution in [0.4, 0.5) is 0 Å². The first kappa shape index (κ1) is 7.56. The summed E-state index contributed by atoms with van der Waals surface area (Å²) >= 11 is 1.66. The number of hydrogen-bond acceptors (Lipinski definition) is 1. The molecule has 59 valence electrons. The summed E-state index contributed by atoms with van der Waals surface area (Å²) in [5.41, 5.74) is 2.59. The number of aryl methyl sites for hydroxylation is 1. The van der Waals surface area contributed by atoms with Crippen LogP contribution < -0.4 is 0 Å². The van der Waals surface area contributed by atoms with Gasteiger partial charge in [-0.25, -0.2) is 0 Å². The molecule has 0 atom stereocenters. The molecular formula is C11H9S. The van der Waals surface area contributed by atoms with Crippen molar-refractivity contribution in [3.63, 3.8) is 0 Å². The Morgan fingerprint density at radius 3 is 2.42 bits per heavy atom. The van der Waals surface area contributed by atoms with Crippen LogP contribution >= 0.6 is 11.3 Å². The van der Waals surface area contributed by atoms with E-state index >= 15 is 0 Å². The highest BCUT2D eigenvalue weighted by molar-refractivity contribution is 7.13. The van der Waals surface area contributed by atoms with Crippen molar-refractivity contribution in [2.75, 3.05) is 0 Å². The molecule has 0 unspecified atom stereocenters. The lowest BCUT2D eigenvalue weighted by Crippen LogP contribution is -1.72. The first-order valence-corrected chi connectivity index (χ1v) is 4.71. The van der Waals surface area contributed by atoms with E-state index in [-0.39, 0.29) is 0 Å². The van der Waals surface area contributed by atoms with Crippen LogP contribution in [0.2, 0.25) is 0 Å². The van der Waals surface area contributed by atoms with Crippen LogP contribution in [0.15, 0.2) is 36.4 Å². The third-order valence-corrected chi connectivity index (χ3v) is 2.65. The molecule has 0 aliphatic rings. The molecule has 2 rings (SSSR count). The second-order valence-electron chi connectivity index (χ2n) is 2.78. The minimum atomic E-state index is 1.28. The van der Waals surface area contributed by atoms with E-state index in [2.05, 4.69) is 42.6 Å². The predicted octanol–water partition coefficient (Wildman–Crippen LogP) is 3.52. The fourth-order valence-corrected chi connectivity index (χ4v) is 1.77. The lowest BCUT2D eigenvalue weighted by Gasteiger charge is -1.96. The van der Waals surface area contributed by atoms with Crippen LogP contribution in [0.1, 0.15) is 5.56 Å². The van der Waals surface area contributed by atoms with Gasteiger partial charge < -0.3 is 0 Å². The number of benzene rings is 1. The van der Waals surface area contributed by atoms with Crippen molar-refractivity contribution in [3.05, 3.63) is 47.3 Å². The van der Waals surface area contributed by atoms with Crippen LogP contribution in [0, 0.1) is 12.3 Å². The Kier molecular flexibility index (Phi) is 1.96. The molecule has 1 radical (unpaired) electrons. The van der Waals surface area contributed by atoms with E-state index in [0.29, 0.717) is 0 Å². The fourth-order valence-electron chi connectivity index (χ4n) is 1.11. The second-order valence-corrected chi connectivity index (χ2v) is 3.66. The smallest absolute Gasteiger partial charge is 0.0449 e. The lowest BCUT2D eigenvalue weighted by atomic mass is 10.1. The fraction of sp³-hybridized carbons (Fsp3) is 0.0909. The average molecular weight is 173 g/mol. The first-order chi connectivity index (χ1) is 5.86. The van der Waals surface area contributed by atoms with Gasteiger partial charge in [-0.05, 0) is 24.6 Å². The van der Waals surface area contributed by atoms with Gasteiger partial charge in [0, 0.05) is 10.3 Å². The molecule has 1 heterocycles. The van der Waals surface area contributed by atoms with Gasteiger partial charge in [-0.3, -0.25) is 0 Å². The van der Waals surface area contributed by atoms with Gasteiger partial charge in [0.05, 0.1) is 0 Å². The van der Waals surface area contributed by atoms with E-state index in [1.54, 1.807) is 11.3 Å². The molecule has 0 bridgehead atoms. The molecule has 0 amide bonds. The summed E-state index contributed by atoms with van der Waals surface area (Å²) in [6.07, 6.45) is 0. The maximum atomic E-state index is 3.08. The van der Waals surface area contributed by atoms with Crippen molar-refractivity contribution >= 4 is 11.3 Å². The zero-order valence-electron chi connectivity index (χ0n) is 6.87. The molecule has 0 nitrogen and oxygen atoms in total. The highest BCUT2D eigenvalue weighted by atomic mass is 32.1. The Bertz CT molecular complexity index is 343. The van der Waals surface area contributed by atoms with Gasteiger partial charge in [0.15, 0.2) is 0 Å². The number of hydrogen-bond donors (Lipinski definition) is 0. The Hall–Kier alpha value is -1.08. The number of thiophene rings is 1. The van der Waals surface area contributed by atoms with Gasteiger partial charge in [-0.2, -0.15) is 0 Å². The zero-order valence-corrected chi connectivity index (χ0v) is 7.69. The molecule has 0 N–H and O–H groups in total. The van der Waals surface area contributed by atoms with E-state index < -0.39 is 0 Å². The summed E-state index contributed by atoms with van der Waals surface area (Å²) in [6, 6.07) is 12.6. The Labute approximate surface area is 76.5 Å². The maximum Gasteiger partial charge on any atom is 0.0449 e. The molecule has 0 saturated carbocycles. The van der Waals surface area contributed by atoms with E-state index in [9.17, 15) is 0 Å². The largest absolute Gasteiger partial charge is 0.134 e. The second kappa shape index (κ2) is 3.11. The van der Waals surface area contributed by atoms with Gasteiger partial charge in [0.2, 0.25) is 0 Å². The summed E-state index contributed by atoms with van der Waals surface area (Å²) < 4.78 is 0. The summed E-state index contributed by atoms with van der Waals surface area (Å²) in [5.74, 6) is 0. The third-order valence-electron chi connectivity index (χ3n) is 1.81. The average Bonchev–Trinajstić information content (AvgIpc) is 2.58. The van der Waals surface area contributed by atoms with Crippen LogP contribution in [-0.4, -0.2) is 0 Å². The van der Waals surface area contributed by atoms with Gasteiger partial charge in [0.1, 0.15) is 0 Å². The molecule has 1 aromatic heterocycles. The van der Waals surface area contributed by atoms with Gasteiger partial charge in [-0.1, -0.05) is 29.8 Å². The van der Waals surface area contributed by atoms with E-state index in [4.69, 9.17) is 0 Å². The zero-order chi connectivity index (χ0) is 8.39. The highest BCUT2D eigenvalue weighted by Crippen LogP contribution is 2.23. The van der Waals surface area contributed by atoms with Crippen molar-refractivity contribution in [2.24, 2.45) is 0 Å². The molecule has 0 spiro atoms. The normalized spacial score (nSPS) is 10.1. The van der Waals surface area contributed by atoms with Crippen molar-refractivity contribution in [3.8, 4) is 10.4 Å². The topological polar surface area (TPSA) is 0 Å². The Morgan fingerprint density at radius 1 is 1.08 bits per heavy atom. The molecular weight excluding hydrogens is 164 g/mol. The van der Waals surface area contributed by atoms with E-state index in [1.807, 2.05) is 6.07 Å². The molecule has 0 fully saturated rings. The minimum Gasteiger partial charge on any atom is -0.134 e. The summed E-state index contributed by atoms with van der Waals surface area (Å²) in [5, 5.41) is 3.08. The third kappa shape index (κ3) is 1.41. The standard InChI is InChI=1S/C11H9S/c1-9-4-6-10(7-5-9)11-3-2-8-12-11/h2-7H,1H3. The summed E-state index contributed by atoms with van der Waals surface area (Å²) in [4.78, 5) is 1.29. The van der Waals surface area contributed by atoms with Crippen molar-refractivity contribution in [2.45, 2.75) is 6.92 Å². The van der Waals surface area contributed by atoms with Crippen LogP contribution in [0.3, 0.4) is 0 Å². The highest BCUT2D eigenvalue weighted by Gasteiger charge is 1.96. The van der Waals surface area contributed by atoms with E-state index in [1.165, 1.54) is 16.0 Å². The molecule has 2 aromatic rings. The molecule has 1 aromatic carbocycles. The van der Waals surface area contributed by atoms with Gasteiger partial charge >= 0.3 is 0 Å². The van der Waals surface area contributed by atoms with Crippen LogP contribution in [0.5, 0.6) is 0 Å². The molecule has 0 saturated heterocycles. The SMILES string of the molecule is Cc1ccc(-c2cc[c]s2)cc1. The molecule has 12 heavy (non-hydrogen) atoms. The van der Waals surface area contributed by atoms with Crippen molar-refractivity contribution in [1.29, 1.82) is 0 Å². The first-order valence-electron chi connectivity index (χ1n) is 3.89. The minimum absolute atomic E-state index is 1.28. The molecule has 0 aliphatic carbocycles. The lowest BCUT2D eigenvalue weighted by molar-refractivity contribution is 1.48. The quantitative estimate of drug-likeness (QED) is 0.619. The maximum absolute atomic E-state index is 3.08. The van der Waals surface area contributed by atoms with Crippen molar-refractivity contribution in [1.82, 2.24) is 0 Å².